The van der Waals surface area contributed by atoms with Crippen molar-refractivity contribution in [2.24, 2.45) is 10.7 Å². The maximum atomic E-state index is 14.3. The number of halogens is 2. The summed E-state index contributed by atoms with van der Waals surface area (Å²) in [7, 11) is 3.08. The van der Waals surface area contributed by atoms with Crippen LogP contribution < -0.4 is 15.8 Å². The summed E-state index contributed by atoms with van der Waals surface area (Å²) in [6.07, 6.45) is 3.29. The van der Waals surface area contributed by atoms with Crippen molar-refractivity contribution in [1.29, 1.82) is 0 Å². The second-order valence-corrected chi connectivity index (χ2v) is 7.65. The lowest BCUT2D eigenvalue weighted by atomic mass is 10.1. The van der Waals surface area contributed by atoms with Crippen LogP contribution in [0, 0.1) is 11.6 Å². The Labute approximate surface area is 170 Å². The summed E-state index contributed by atoms with van der Waals surface area (Å²) in [6.45, 7) is 1.87. The van der Waals surface area contributed by atoms with E-state index in [1.165, 1.54) is 25.1 Å². The number of benzene rings is 1. The van der Waals surface area contributed by atoms with Gasteiger partial charge in [0.15, 0.2) is 22.6 Å². The van der Waals surface area contributed by atoms with E-state index in [-0.39, 0.29) is 17.2 Å². The number of hydrogen-bond donors (Lipinski definition) is 2. The zero-order valence-corrected chi connectivity index (χ0v) is 16.9. The highest BCUT2D eigenvalue weighted by Gasteiger charge is 2.16. The van der Waals surface area contributed by atoms with Crippen LogP contribution in [-0.4, -0.2) is 39.5 Å². The molecule has 7 nitrogen and oxygen atoms in total. The molecule has 0 unspecified atom stereocenters. The Balaban J connectivity index is 1.90. The van der Waals surface area contributed by atoms with Gasteiger partial charge in [-0.1, -0.05) is 18.7 Å². The van der Waals surface area contributed by atoms with Crippen LogP contribution in [0.3, 0.4) is 0 Å². The molecule has 0 spiro atoms. The summed E-state index contributed by atoms with van der Waals surface area (Å²) in [5.41, 5.74) is 7.32. The van der Waals surface area contributed by atoms with Gasteiger partial charge >= 0.3 is 0 Å². The van der Waals surface area contributed by atoms with E-state index in [0.29, 0.717) is 33.6 Å². The second-order valence-electron chi connectivity index (χ2n) is 6.19. The summed E-state index contributed by atoms with van der Waals surface area (Å²) in [5.74, 6) is -1.09. The zero-order valence-electron chi connectivity index (χ0n) is 16.1. The fourth-order valence-corrected chi connectivity index (χ4v) is 3.51. The highest BCUT2D eigenvalue weighted by Crippen LogP contribution is 2.27. The first kappa shape index (κ1) is 20.7. The number of anilines is 2. The van der Waals surface area contributed by atoms with Crippen molar-refractivity contribution < 1.29 is 13.5 Å². The fourth-order valence-electron chi connectivity index (χ4n) is 2.73. The highest BCUT2D eigenvalue weighted by molar-refractivity contribution is 8.14. The third-order valence-corrected chi connectivity index (χ3v) is 5.06. The minimum absolute atomic E-state index is 0.0862. The van der Waals surface area contributed by atoms with Gasteiger partial charge in [0.25, 0.3) is 0 Å². The van der Waals surface area contributed by atoms with Gasteiger partial charge in [0, 0.05) is 30.2 Å². The molecule has 0 aliphatic carbocycles. The summed E-state index contributed by atoms with van der Waals surface area (Å²) in [4.78, 5) is 16.7. The van der Waals surface area contributed by atoms with Crippen molar-refractivity contribution in [2.75, 3.05) is 19.5 Å². The largest absolute Gasteiger partial charge is 0.480 e. The molecule has 1 aromatic carbocycles. The molecule has 2 aromatic heterocycles. The van der Waals surface area contributed by atoms with E-state index in [1.54, 1.807) is 25.4 Å². The van der Waals surface area contributed by atoms with Gasteiger partial charge in [-0.05, 0) is 24.1 Å². The summed E-state index contributed by atoms with van der Waals surface area (Å²) in [6, 6.07) is 4.31. The van der Waals surface area contributed by atoms with Crippen LogP contribution in [-0.2, 0) is 6.42 Å². The van der Waals surface area contributed by atoms with Gasteiger partial charge in [0.1, 0.15) is 5.52 Å². The number of thioether (sulfide) groups is 1. The molecule has 2 heterocycles. The van der Waals surface area contributed by atoms with Crippen LogP contribution in [0.15, 0.2) is 35.6 Å². The van der Waals surface area contributed by atoms with Crippen molar-refractivity contribution in [1.82, 2.24) is 15.0 Å². The second kappa shape index (κ2) is 8.99. The van der Waals surface area contributed by atoms with Crippen LogP contribution >= 0.6 is 11.8 Å². The molecule has 0 amide bonds. The van der Waals surface area contributed by atoms with E-state index >= 15 is 0 Å². The molecule has 152 valence electrons. The van der Waals surface area contributed by atoms with Gasteiger partial charge in [0.05, 0.1) is 18.8 Å². The number of ether oxygens (including phenoxy) is 1. The Hall–Kier alpha value is -3.01. The maximum Gasteiger partial charge on any atom is 0.232 e. The zero-order chi connectivity index (χ0) is 21.0. The Kier molecular flexibility index (Phi) is 6.42. The lowest BCUT2D eigenvalue weighted by molar-refractivity contribution is 0.397. The molecule has 0 fully saturated rings. The van der Waals surface area contributed by atoms with Gasteiger partial charge in [-0.15, -0.1) is 0 Å². The van der Waals surface area contributed by atoms with Crippen molar-refractivity contribution >= 4 is 39.5 Å². The van der Waals surface area contributed by atoms with Crippen LogP contribution in [0.1, 0.15) is 12.5 Å². The van der Waals surface area contributed by atoms with Gasteiger partial charge in [0.2, 0.25) is 5.88 Å². The van der Waals surface area contributed by atoms with Crippen LogP contribution in [0.25, 0.3) is 11.0 Å². The van der Waals surface area contributed by atoms with E-state index in [1.807, 2.05) is 6.92 Å². The number of nitrogens with zero attached hydrogens (tertiary/aromatic N) is 4. The molecule has 29 heavy (non-hydrogen) atoms. The number of amidine groups is 1. The first-order valence-corrected chi connectivity index (χ1v) is 9.58. The third-order valence-electron chi connectivity index (χ3n) is 4.06. The molecule has 0 bridgehead atoms. The van der Waals surface area contributed by atoms with Crippen LogP contribution in [0.2, 0.25) is 0 Å². The first-order chi connectivity index (χ1) is 13.9. The first-order valence-electron chi connectivity index (χ1n) is 8.71. The van der Waals surface area contributed by atoms with Crippen molar-refractivity contribution in [3.8, 4) is 5.88 Å². The predicted molar refractivity (Wildman–Crippen MR) is 112 cm³/mol. The Bertz CT molecular complexity index is 1060. The number of hydrogen-bond acceptors (Lipinski definition) is 7. The van der Waals surface area contributed by atoms with Gasteiger partial charge in [-0.2, -0.15) is 0 Å². The molecule has 3 aromatic rings. The molecule has 3 rings (SSSR count). The molecule has 0 radical (unpaired) electrons. The minimum Gasteiger partial charge on any atom is -0.480 e. The molecular formula is C19H20F2N6OS. The van der Waals surface area contributed by atoms with E-state index in [9.17, 15) is 8.78 Å². The number of aromatic nitrogens is 3. The van der Waals surface area contributed by atoms with Crippen LogP contribution in [0.5, 0.6) is 5.88 Å². The molecule has 0 saturated heterocycles. The average Bonchev–Trinajstić information content (AvgIpc) is 2.71. The quantitative estimate of drug-likeness (QED) is 0.466. The topological polar surface area (TPSA) is 98.3 Å². The number of nitrogens with one attached hydrogen (secondary N) is 1. The molecule has 0 saturated carbocycles. The molecular weight excluding hydrogens is 398 g/mol. The number of fused-ring (bicyclic) bond motifs is 1. The monoisotopic (exact) mass is 418 g/mol. The lowest BCUT2D eigenvalue weighted by Crippen LogP contribution is -2.14. The SMILES string of the molecule is C/N=C(/N)S[C@H](C)Cc1cc(Nc2nccc3nc(OC)cnc23)cc(F)c1F. The van der Waals surface area contributed by atoms with E-state index in [0.717, 1.165) is 6.07 Å². The normalized spacial score (nSPS) is 12.8. The summed E-state index contributed by atoms with van der Waals surface area (Å²) >= 11 is 1.30. The lowest BCUT2D eigenvalue weighted by Gasteiger charge is -2.14. The minimum atomic E-state index is -0.952. The molecule has 0 aliphatic heterocycles. The van der Waals surface area contributed by atoms with Crippen molar-refractivity contribution in [3.05, 3.63) is 47.8 Å². The number of pyridine rings is 1. The maximum absolute atomic E-state index is 14.3. The number of nitrogens with two attached hydrogens (primary N) is 1. The summed E-state index contributed by atoms with van der Waals surface area (Å²) < 4.78 is 33.6. The highest BCUT2D eigenvalue weighted by atomic mass is 32.2. The van der Waals surface area contributed by atoms with Crippen molar-refractivity contribution in [3.63, 3.8) is 0 Å². The molecule has 1 atom stereocenters. The molecule has 0 aliphatic rings. The third kappa shape index (κ3) is 4.89. The Morgan fingerprint density at radius 1 is 1.34 bits per heavy atom. The number of methoxy groups -OCH3 is 1. The van der Waals surface area contributed by atoms with Crippen LogP contribution in [0.4, 0.5) is 20.3 Å². The van der Waals surface area contributed by atoms with E-state index < -0.39 is 11.6 Å². The van der Waals surface area contributed by atoms with Gasteiger partial charge < -0.3 is 15.8 Å². The Morgan fingerprint density at radius 3 is 2.86 bits per heavy atom. The van der Waals surface area contributed by atoms with E-state index in [2.05, 4.69) is 25.3 Å². The average molecular weight is 418 g/mol. The number of rotatable bonds is 6. The molecule has 10 heteroatoms. The fraction of sp³-hybridized carbons (Fsp3) is 0.263. The van der Waals surface area contributed by atoms with Gasteiger partial charge in [-0.25, -0.2) is 23.7 Å². The van der Waals surface area contributed by atoms with Crippen molar-refractivity contribution in [2.45, 2.75) is 18.6 Å². The summed E-state index contributed by atoms with van der Waals surface area (Å²) in [5, 5.41) is 3.31. The smallest absolute Gasteiger partial charge is 0.232 e. The van der Waals surface area contributed by atoms with E-state index in [4.69, 9.17) is 10.5 Å². The standard InChI is InChI=1S/C19H20F2N6OS/c1-10(29-19(22)23-2)6-11-7-12(8-13(20)16(11)21)26-18-17-14(4-5-24-18)27-15(28-3)9-25-17/h4-5,7-10H,6H2,1-3H3,(H2,22,23)(H,24,26)/t10-/m1/s1. The Morgan fingerprint density at radius 2 is 2.14 bits per heavy atom. The molecule has 3 N–H and O–H groups in total. The van der Waals surface area contributed by atoms with Gasteiger partial charge in [-0.3, -0.25) is 4.99 Å². The predicted octanol–water partition coefficient (Wildman–Crippen LogP) is 3.66. The number of aliphatic imine (C=N–C) groups is 1.